The van der Waals surface area contributed by atoms with E-state index in [2.05, 4.69) is 10.3 Å². The molecule has 3 aromatic rings. The highest BCUT2D eigenvalue weighted by atomic mass is 35.5. The second kappa shape index (κ2) is 11.6. The third-order valence-electron chi connectivity index (χ3n) is 7.88. The van der Waals surface area contributed by atoms with E-state index in [-0.39, 0.29) is 29.7 Å². The van der Waals surface area contributed by atoms with Crippen LogP contribution >= 0.6 is 11.6 Å². The zero-order chi connectivity index (χ0) is 24.9. The summed E-state index contributed by atoms with van der Waals surface area (Å²) in [5, 5.41) is 4.05. The fourth-order valence-corrected chi connectivity index (χ4v) is 6.29. The number of halogens is 2. The quantitative estimate of drug-likeness (QED) is 0.360. The molecule has 2 saturated carbocycles. The van der Waals surface area contributed by atoms with Gasteiger partial charge in [0.25, 0.3) is 0 Å². The van der Waals surface area contributed by atoms with Gasteiger partial charge < -0.3 is 9.88 Å². The Kier molecular flexibility index (Phi) is 8.05. The van der Waals surface area contributed by atoms with E-state index < -0.39 is 0 Å². The summed E-state index contributed by atoms with van der Waals surface area (Å²) < 4.78 is 16.6. The molecule has 2 fully saturated rings. The van der Waals surface area contributed by atoms with Gasteiger partial charge in [0.05, 0.1) is 0 Å². The van der Waals surface area contributed by atoms with Crippen molar-refractivity contribution >= 4 is 17.5 Å². The van der Waals surface area contributed by atoms with Gasteiger partial charge in [0, 0.05) is 29.0 Å². The number of imidazole rings is 1. The van der Waals surface area contributed by atoms with E-state index >= 15 is 0 Å². The monoisotopic (exact) mass is 507 g/mol. The van der Waals surface area contributed by atoms with Crippen molar-refractivity contribution in [2.24, 2.45) is 5.92 Å². The van der Waals surface area contributed by atoms with Gasteiger partial charge in [-0.3, -0.25) is 4.79 Å². The molecule has 6 heteroatoms. The standard InChI is InChI=1S/C30H35ClFN3O/c31-24-11-7-8-21(19-24)18-23-14-15-25(32)20-27(23)29-33-16-17-35(29)28(22-9-3-1-4-10-22)30(36)34-26-12-5-2-6-13-26/h7-8,11,14-17,19-20,22,26,28H,1-6,9-10,12-13,18H2,(H,34,36). The maximum Gasteiger partial charge on any atom is 0.243 e. The van der Waals surface area contributed by atoms with Crippen LogP contribution in [-0.4, -0.2) is 21.5 Å². The first-order valence-corrected chi connectivity index (χ1v) is 13.8. The normalized spacial score (nSPS) is 18.2. The highest BCUT2D eigenvalue weighted by Crippen LogP contribution is 2.37. The summed E-state index contributed by atoms with van der Waals surface area (Å²) in [6, 6.07) is 12.5. The highest BCUT2D eigenvalue weighted by Gasteiger charge is 2.34. The summed E-state index contributed by atoms with van der Waals surface area (Å²) in [7, 11) is 0. The summed E-state index contributed by atoms with van der Waals surface area (Å²) in [5.41, 5.74) is 2.74. The second-order valence-electron chi connectivity index (χ2n) is 10.5. The lowest BCUT2D eigenvalue weighted by Gasteiger charge is -2.33. The molecule has 190 valence electrons. The van der Waals surface area contributed by atoms with Crippen LogP contribution in [0.5, 0.6) is 0 Å². The molecule has 0 saturated heterocycles. The molecule has 1 unspecified atom stereocenters. The zero-order valence-corrected chi connectivity index (χ0v) is 21.5. The van der Waals surface area contributed by atoms with E-state index in [4.69, 9.17) is 11.6 Å². The minimum absolute atomic E-state index is 0.0841. The van der Waals surface area contributed by atoms with Crippen LogP contribution in [0.2, 0.25) is 5.02 Å². The van der Waals surface area contributed by atoms with Crippen LogP contribution in [0.15, 0.2) is 54.9 Å². The van der Waals surface area contributed by atoms with Crippen molar-refractivity contribution in [2.45, 2.75) is 82.7 Å². The number of carbonyl (C=O) groups excluding carboxylic acids is 1. The number of hydrogen-bond donors (Lipinski definition) is 1. The van der Waals surface area contributed by atoms with Gasteiger partial charge in [0.15, 0.2) is 0 Å². The lowest BCUT2D eigenvalue weighted by molar-refractivity contribution is -0.127. The predicted molar refractivity (Wildman–Crippen MR) is 143 cm³/mol. The summed E-state index contributed by atoms with van der Waals surface area (Å²) in [6.45, 7) is 0. The first kappa shape index (κ1) is 25.0. The van der Waals surface area contributed by atoms with Crippen molar-refractivity contribution < 1.29 is 9.18 Å². The third-order valence-corrected chi connectivity index (χ3v) is 8.12. The molecule has 2 aromatic carbocycles. The molecule has 0 spiro atoms. The largest absolute Gasteiger partial charge is 0.352 e. The van der Waals surface area contributed by atoms with Gasteiger partial charge in [0.1, 0.15) is 17.7 Å². The Balaban J connectivity index is 1.50. The number of aromatic nitrogens is 2. The van der Waals surface area contributed by atoms with E-state index in [1.54, 1.807) is 12.3 Å². The smallest absolute Gasteiger partial charge is 0.243 e. The van der Waals surface area contributed by atoms with Crippen molar-refractivity contribution in [1.29, 1.82) is 0 Å². The van der Waals surface area contributed by atoms with Crippen LogP contribution in [0.4, 0.5) is 4.39 Å². The average Bonchev–Trinajstić information content (AvgIpc) is 3.36. The fraction of sp³-hybridized carbons (Fsp3) is 0.467. The van der Waals surface area contributed by atoms with Gasteiger partial charge in [-0.15, -0.1) is 0 Å². The van der Waals surface area contributed by atoms with Gasteiger partial charge in [0.2, 0.25) is 5.91 Å². The SMILES string of the molecule is O=C(NC1CCCCC1)C(C1CCCCC1)n1ccnc1-c1cc(F)ccc1Cc1cccc(Cl)c1. The van der Waals surface area contributed by atoms with Gasteiger partial charge in [-0.05, 0) is 73.4 Å². The molecular formula is C30H35ClFN3O. The molecule has 0 radical (unpaired) electrons. The highest BCUT2D eigenvalue weighted by molar-refractivity contribution is 6.30. The molecule has 0 bridgehead atoms. The van der Waals surface area contributed by atoms with Crippen LogP contribution in [-0.2, 0) is 11.2 Å². The Morgan fingerprint density at radius 1 is 1.03 bits per heavy atom. The van der Waals surface area contributed by atoms with E-state index in [9.17, 15) is 9.18 Å². The molecule has 1 heterocycles. The molecule has 1 amide bonds. The van der Waals surface area contributed by atoms with Gasteiger partial charge >= 0.3 is 0 Å². The number of benzene rings is 2. The Bertz CT molecular complexity index is 1180. The lowest BCUT2D eigenvalue weighted by atomic mass is 9.82. The van der Waals surface area contributed by atoms with E-state index in [0.717, 1.165) is 55.2 Å². The van der Waals surface area contributed by atoms with Crippen LogP contribution in [0.3, 0.4) is 0 Å². The lowest BCUT2D eigenvalue weighted by Crippen LogP contribution is -2.43. The number of rotatable bonds is 7. The zero-order valence-electron chi connectivity index (χ0n) is 20.8. The summed E-state index contributed by atoms with van der Waals surface area (Å²) in [6.07, 6.45) is 15.5. The average molecular weight is 508 g/mol. The minimum atomic E-state index is -0.341. The van der Waals surface area contributed by atoms with Gasteiger partial charge in [-0.1, -0.05) is 68.3 Å². The summed E-state index contributed by atoms with van der Waals surface area (Å²) in [5.74, 6) is 0.678. The Hall–Kier alpha value is -2.66. The number of amides is 1. The molecule has 0 aliphatic heterocycles. The molecule has 5 rings (SSSR count). The predicted octanol–water partition coefficient (Wildman–Crippen LogP) is 7.50. The molecule has 2 aliphatic carbocycles. The molecule has 2 aliphatic rings. The number of hydrogen-bond acceptors (Lipinski definition) is 2. The Morgan fingerprint density at radius 3 is 2.53 bits per heavy atom. The van der Waals surface area contributed by atoms with E-state index in [0.29, 0.717) is 17.3 Å². The molecule has 36 heavy (non-hydrogen) atoms. The van der Waals surface area contributed by atoms with Gasteiger partial charge in [-0.2, -0.15) is 0 Å². The second-order valence-corrected chi connectivity index (χ2v) is 10.9. The van der Waals surface area contributed by atoms with Crippen molar-refractivity contribution in [3.8, 4) is 11.4 Å². The number of carbonyl (C=O) groups is 1. The maximum atomic E-state index is 14.6. The third kappa shape index (κ3) is 5.83. The van der Waals surface area contributed by atoms with E-state index in [1.165, 1.54) is 31.7 Å². The van der Waals surface area contributed by atoms with Crippen LogP contribution in [0, 0.1) is 11.7 Å². The number of nitrogens with zero attached hydrogens (tertiary/aromatic N) is 2. The van der Waals surface area contributed by atoms with Crippen molar-refractivity contribution in [2.75, 3.05) is 0 Å². The van der Waals surface area contributed by atoms with Gasteiger partial charge in [-0.25, -0.2) is 9.37 Å². The summed E-state index contributed by atoms with van der Waals surface area (Å²) >= 11 is 6.22. The van der Waals surface area contributed by atoms with Crippen molar-refractivity contribution in [1.82, 2.24) is 14.9 Å². The molecule has 1 atom stereocenters. The van der Waals surface area contributed by atoms with Crippen LogP contribution in [0.25, 0.3) is 11.4 Å². The van der Waals surface area contributed by atoms with Crippen LogP contribution < -0.4 is 5.32 Å². The van der Waals surface area contributed by atoms with E-state index in [1.807, 2.05) is 41.1 Å². The first-order valence-electron chi connectivity index (χ1n) is 13.4. The molecular weight excluding hydrogens is 473 g/mol. The first-order chi connectivity index (χ1) is 17.6. The molecule has 1 N–H and O–H groups in total. The fourth-order valence-electron chi connectivity index (χ4n) is 6.07. The van der Waals surface area contributed by atoms with Crippen molar-refractivity contribution in [3.63, 3.8) is 0 Å². The topological polar surface area (TPSA) is 46.9 Å². The molecule has 4 nitrogen and oxygen atoms in total. The Labute approximate surface area is 218 Å². The minimum Gasteiger partial charge on any atom is -0.352 e. The summed E-state index contributed by atoms with van der Waals surface area (Å²) in [4.78, 5) is 18.5. The molecule has 1 aromatic heterocycles. The van der Waals surface area contributed by atoms with Crippen LogP contribution in [0.1, 0.15) is 81.4 Å². The van der Waals surface area contributed by atoms with Crippen molar-refractivity contribution in [3.05, 3.63) is 76.8 Å². The maximum absolute atomic E-state index is 14.6. The number of nitrogens with one attached hydrogen (secondary N) is 1. The Morgan fingerprint density at radius 2 is 1.78 bits per heavy atom.